The summed E-state index contributed by atoms with van der Waals surface area (Å²) in [6.45, 7) is 3.46. The van der Waals surface area contributed by atoms with E-state index >= 15 is 0 Å². The lowest BCUT2D eigenvalue weighted by molar-refractivity contribution is 0.477. The predicted octanol–water partition coefficient (Wildman–Crippen LogP) is 1.53. The van der Waals surface area contributed by atoms with Gasteiger partial charge in [0.05, 0.1) is 11.9 Å². The second-order valence-corrected chi connectivity index (χ2v) is 5.61. The molecule has 3 N–H and O–H groups in total. The molecule has 0 atom stereocenters. The molecule has 0 saturated carbocycles. The minimum Gasteiger partial charge on any atom is -0.506 e. The van der Waals surface area contributed by atoms with E-state index in [4.69, 9.17) is 0 Å². The Hall–Kier alpha value is -2.02. The van der Waals surface area contributed by atoms with Gasteiger partial charge in [0, 0.05) is 0 Å². The number of hydrogen-bond donors (Lipinski definition) is 3. The lowest BCUT2D eigenvalue weighted by atomic mass is 10.2. The molecule has 1 heterocycles. The number of H-pyrrole nitrogens is 1. The average molecular weight is 267 g/mol. The monoisotopic (exact) mass is 267 g/mol. The molecule has 0 spiro atoms. The summed E-state index contributed by atoms with van der Waals surface area (Å²) in [5.41, 5.74) is 0.973. The number of imidazole rings is 1. The van der Waals surface area contributed by atoms with E-state index in [1.807, 2.05) is 0 Å². The summed E-state index contributed by atoms with van der Waals surface area (Å²) in [5, 5.41) is 9.61. The number of phenolic OH excluding ortho intramolecular Hbond substituents is 1. The molecule has 2 aromatic rings. The summed E-state index contributed by atoms with van der Waals surface area (Å²) in [7, 11) is -3.76. The van der Waals surface area contributed by atoms with E-state index in [1.54, 1.807) is 19.9 Å². The minimum absolute atomic E-state index is 0.0417. The lowest BCUT2D eigenvalue weighted by Gasteiger charge is -2.08. The van der Waals surface area contributed by atoms with Crippen molar-refractivity contribution < 1.29 is 13.5 Å². The van der Waals surface area contributed by atoms with Crippen LogP contribution in [-0.2, 0) is 10.0 Å². The molecule has 0 unspecified atom stereocenters. The van der Waals surface area contributed by atoms with Crippen molar-refractivity contribution in [1.82, 2.24) is 9.97 Å². The van der Waals surface area contributed by atoms with Gasteiger partial charge in [0.1, 0.15) is 11.6 Å². The van der Waals surface area contributed by atoms with Crippen LogP contribution >= 0.6 is 0 Å². The van der Waals surface area contributed by atoms with Gasteiger partial charge in [0.15, 0.2) is 5.03 Å². The quantitative estimate of drug-likeness (QED) is 0.735. The number of nitrogens with one attached hydrogen (secondary N) is 2. The van der Waals surface area contributed by atoms with Crippen LogP contribution in [0.5, 0.6) is 5.75 Å². The minimum atomic E-state index is -3.76. The van der Waals surface area contributed by atoms with Gasteiger partial charge in [-0.15, -0.1) is 0 Å². The second-order valence-electron chi connectivity index (χ2n) is 3.96. The molecule has 0 amide bonds. The maximum Gasteiger partial charge on any atom is 0.279 e. The number of sulfonamides is 1. The van der Waals surface area contributed by atoms with Crippen molar-refractivity contribution in [3.63, 3.8) is 0 Å². The van der Waals surface area contributed by atoms with Gasteiger partial charge in [0.25, 0.3) is 10.0 Å². The van der Waals surface area contributed by atoms with Crippen molar-refractivity contribution in [2.75, 3.05) is 4.72 Å². The smallest absolute Gasteiger partial charge is 0.279 e. The number of anilines is 1. The van der Waals surface area contributed by atoms with Crippen molar-refractivity contribution in [3.05, 3.63) is 35.8 Å². The molecule has 1 aromatic heterocycles. The van der Waals surface area contributed by atoms with Crippen LogP contribution in [-0.4, -0.2) is 23.5 Å². The van der Waals surface area contributed by atoms with E-state index in [9.17, 15) is 13.5 Å². The molecule has 18 heavy (non-hydrogen) atoms. The Balaban J connectivity index is 2.33. The third-order valence-electron chi connectivity index (χ3n) is 2.37. The molecule has 96 valence electrons. The van der Waals surface area contributed by atoms with Crippen LogP contribution in [0.2, 0.25) is 0 Å². The van der Waals surface area contributed by atoms with Crippen LogP contribution in [0.25, 0.3) is 0 Å². The Morgan fingerprint density at radius 1 is 1.33 bits per heavy atom. The fraction of sp³-hybridized carbons (Fsp3) is 0.182. The second kappa shape index (κ2) is 4.34. The number of aromatic amines is 1. The van der Waals surface area contributed by atoms with Crippen molar-refractivity contribution >= 4 is 15.7 Å². The highest BCUT2D eigenvalue weighted by atomic mass is 32.2. The van der Waals surface area contributed by atoms with Gasteiger partial charge in [-0.05, 0) is 31.5 Å². The van der Waals surface area contributed by atoms with Gasteiger partial charge < -0.3 is 10.1 Å². The summed E-state index contributed by atoms with van der Waals surface area (Å²) in [4.78, 5) is 6.45. The highest BCUT2D eigenvalue weighted by molar-refractivity contribution is 7.92. The fourth-order valence-corrected chi connectivity index (χ4v) is 2.51. The lowest BCUT2D eigenvalue weighted by Crippen LogP contribution is -2.13. The number of nitrogens with zero attached hydrogens (tertiary/aromatic N) is 1. The molecule has 0 aliphatic carbocycles. The van der Waals surface area contributed by atoms with Crippen molar-refractivity contribution in [3.8, 4) is 5.75 Å². The molecule has 0 bridgehead atoms. The van der Waals surface area contributed by atoms with Crippen LogP contribution in [0.15, 0.2) is 29.4 Å². The molecule has 0 aliphatic rings. The molecule has 0 saturated heterocycles. The standard InChI is InChI=1S/C11H13N3O3S/c1-7-3-4-9(10(15)5-7)14-18(16,17)11-6-12-8(2)13-11/h3-6,14-15H,1-2H3,(H,12,13). The number of aromatic nitrogens is 2. The van der Waals surface area contributed by atoms with Gasteiger partial charge >= 0.3 is 0 Å². The molecule has 1 aromatic carbocycles. The first-order valence-electron chi connectivity index (χ1n) is 5.22. The van der Waals surface area contributed by atoms with Gasteiger partial charge in [-0.2, -0.15) is 8.42 Å². The summed E-state index contributed by atoms with van der Waals surface area (Å²) in [6.07, 6.45) is 1.23. The third kappa shape index (κ3) is 2.45. The van der Waals surface area contributed by atoms with Crippen LogP contribution < -0.4 is 4.72 Å². The first-order chi connectivity index (χ1) is 8.38. The fourth-order valence-electron chi connectivity index (χ4n) is 1.46. The number of hydrogen-bond acceptors (Lipinski definition) is 4. The number of aromatic hydroxyl groups is 1. The predicted molar refractivity (Wildman–Crippen MR) is 67.0 cm³/mol. The van der Waals surface area contributed by atoms with Crippen molar-refractivity contribution in [1.29, 1.82) is 0 Å². The van der Waals surface area contributed by atoms with Crippen LogP contribution in [0.3, 0.4) is 0 Å². The van der Waals surface area contributed by atoms with E-state index < -0.39 is 10.0 Å². The van der Waals surface area contributed by atoms with E-state index in [-0.39, 0.29) is 16.5 Å². The molecule has 2 rings (SSSR count). The summed E-state index contributed by atoms with van der Waals surface area (Å²) in [6, 6.07) is 4.69. The Morgan fingerprint density at radius 2 is 2.06 bits per heavy atom. The molecule has 0 aliphatic heterocycles. The Labute approximate surface area is 105 Å². The highest BCUT2D eigenvalue weighted by Gasteiger charge is 2.18. The van der Waals surface area contributed by atoms with Crippen LogP contribution in [0.4, 0.5) is 5.69 Å². The SMILES string of the molecule is Cc1ccc(NS(=O)(=O)c2cnc(C)[nH]2)c(O)c1. The van der Waals surface area contributed by atoms with E-state index in [2.05, 4.69) is 14.7 Å². The van der Waals surface area contributed by atoms with Gasteiger partial charge in [-0.1, -0.05) is 6.07 Å². The van der Waals surface area contributed by atoms with Crippen LogP contribution in [0.1, 0.15) is 11.4 Å². The number of rotatable bonds is 3. The number of benzene rings is 1. The topological polar surface area (TPSA) is 95.1 Å². The van der Waals surface area contributed by atoms with Crippen LogP contribution in [0, 0.1) is 13.8 Å². The summed E-state index contributed by atoms with van der Waals surface area (Å²) in [5.74, 6) is 0.387. The van der Waals surface area contributed by atoms with Gasteiger partial charge in [-0.3, -0.25) is 4.72 Å². The van der Waals surface area contributed by atoms with Crippen molar-refractivity contribution in [2.45, 2.75) is 18.9 Å². The maximum atomic E-state index is 12.0. The zero-order valence-electron chi connectivity index (χ0n) is 9.93. The molecular weight excluding hydrogens is 254 g/mol. The summed E-state index contributed by atoms with van der Waals surface area (Å²) >= 11 is 0. The highest BCUT2D eigenvalue weighted by Crippen LogP contribution is 2.26. The Bertz CT molecular complexity index is 677. The zero-order chi connectivity index (χ0) is 13.3. The first kappa shape index (κ1) is 12.4. The molecule has 0 radical (unpaired) electrons. The Morgan fingerprint density at radius 3 is 2.61 bits per heavy atom. The first-order valence-corrected chi connectivity index (χ1v) is 6.71. The van der Waals surface area contributed by atoms with E-state index in [1.165, 1.54) is 18.3 Å². The average Bonchev–Trinajstić information content (AvgIpc) is 2.70. The molecule has 0 fully saturated rings. The zero-order valence-corrected chi connectivity index (χ0v) is 10.7. The molecule has 6 nitrogen and oxygen atoms in total. The van der Waals surface area contributed by atoms with Crippen molar-refractivity contribution in [2.24, 2.45) is 0 Å². The number of phenols is 1. The van der Waals surface area contributed by atoms with E-state index in [0.29, 0.717) is 5.82 Å². The largest absolute Gasteiger partial charge is 0.506 e. The third-order valence-corrected chi connectivity index (χ3v) is 3.64. The Kier molecular flexibility index (Phi) is 3.00. The van der Waals surface area contributed by atoms with Gasteiger partial charge in [0.2, 0.25) is 0 Å². The normalized spacial score (nSPS) is 11.4. The molecule has 7 heteroatoms. The number of aryl methyl sites for hydroxylation is 2. The summed E-state index contributed by atoms with van der Waals surface area (Å²) < 4.78 is 26.2. The van der Waals surface area contributed by atoms with Gasteiger partial charge in [-0.25, -0.2) is 4.98 Å². The maximum absolute atomic E-state index is 12.0. The van der Waals surface area contributed by atoms with E-state index in [0.717, 1.165) is 5.56 Å². The molecular formula is C11H13N3O3S.